The molecular formula is C13H22N6. The summed E-state index contributed by atoms with van der Waals surface area (Å²) in [7, 11) is 3.66. The summed E-state index contributed by atoms with van der Waals surface area (Å²) in [6.07, 6.45) is 6.01. The topological polar surface area (TPSA) is 65.4 Å². The zero-order valence-electron chi connectivity index (χ0n) is 11.6. The third-order valence-electron chi connectivity index (χ3n) is 3.37. The Morgan fingerprint density at radius 3 is 2.95 bits per heavy atom. The molecule has 0 amide bonds. The summed E-state index contributed by atoms with van der Waals surface area (Å²) >= 11 is 0. The lowest BCUT2D eigenvalue weighted by atomic mass is 9.98. The van der Waals surface area contributed by atoms with Gasteiger partial charge < -0.3 is 15.5 Å². The molecule has 0 aliphatic carbocycles. The van der Waals surface area contributed by atoms with Gasteiger partial charge in [-0.05, 0) is 24.8 Å². The lowest BCUT2D eigenvalue weighted by Gasteiger charge is -2.32. The van der Waals surface area contributed by atoms with Crippen LogP contribution in [0.15, 0.2) is 23.5 Å². The molecule has 0 saturated carbocycles. The van der Waals surface area contributed by atoms with Gasteiger partial charge >= 0.3 is 0 Å². The van der Waals surface area contributed by atoms with Crippen molar-refractivity contribution < 1.29 is 0 Å². The number of rotatable bonds is 3. The molecule has 0 unspecified atom stereocenters. The molecule has 19 heavy (non-hydrogen) atoms. The molecular weight excluding hydrogens is 240 g/mol. The van der Waals surface area contributed by atoms with E-state index in [1.54, 1.807) is 19.4 Å². The van der Waals surface area contributed by atoms with Gasteiger partial charge in [0.05, 0.1) is 0 Å². The van der Waals surface area contributed by atoms with Gasteiger partial charge in [0.1, 0.15) is 0 Å². The number of guanidine groups is 1. The smallest absolute Gasteiger partial charge is 0.225 e. The Morgan fingerprint density at radius 1 is 1.47 bits per heavy atom. The van der Waals surface area contributed by atoms with Gasteiger partial charge in [0, 0.05) is 46.1 Å². The Hall–Kier alpha value is -1.85. The maximum atomic E-state index is 4.32. The van der Waals surface area contributed by atoms with Crippen molar-refractivity contribution >= 4 is 11.9 Å². The van der Waals surface area contributed by atoms with E-state index < -0.39 is 0 Å². The number of nitrogens with zero attached hydrogens (tertiary/aromatic N) is 4. The monoisotopic (exact) mass is 262 g/mol. The van der Waals surface area contributed by atoms with Crippen LogP contribution < -0.4 is 15.5 Å². The number of piperidine rings is 1. The van der Waals surface area contributed by atoms with Gasteiger partial charge in [0.25, 0.3) is 0 Å². The van der Waals surface area contributed by atoms with E-state index in [4.69, 9.17) is 0 Å². The van der Waals surface area contributed by atoms with Gasteiger partial charge in [0.2, 0.25) is 5.95 Å². The van der Waals surface area contributed by atoms with Gasteiger partial charge in [-0.15, -0.1) is 0 Å². The summed E-state index contributed by atoms with van der Waals surface area (Å²) in [6.45, 7) is 2.97. The molecule has 104 valence electrons. The first-order valence-electron chi connectivity index (χ1n) is 6.74. The second-order valence-corrected chi connectivity index (χ2v) is 4.71. The van der Waals surface area contributed by atoms with Crippen LogP contribution in [0.3, 0.4) is 0 Å². The molecule has 0 bridgehead atoms. The maximum Gasteiger partial charge on any atom is 0.225 e. The molecule has 2 heterocycles. The molecule has 0 radical (unpaired) electrons. The summed E-state index contributed by atoms with van der Waals surface area (Å²) in [5, 5.41) is 6.37. The second-order valence-electron chi connectivity index (χ2n) is 4.71. The maximum absolute atomic E-state index is 4.32. The van der Waals surface area contributed by atoms with Crippen LogP contribution >= 0.6 is 0 Å². The lowest BCUT2D eigenvalue weighted by molar-refractivity contribution is 0.407. The minimum Gasteiger partial charge on any atom is -0.359 e. The van der Waals surface area contributed by atoms with Gasteiger partial charge in [-0.25, -0.2) is 9.97 Å². The van der Waals surface area contributed by atoms with Gasteiger partial charge in [-0.3, -0.25) is 4.99 Å². The molecule has 1 saturated heterocycles. The molecule has 6 nitrogen and oxygen atoms in total. The molecule has 0 spiro atoms. The van der Waals surface area contributed by atoms with Gasteiger partial charge in [-0.1, -0.05) is 0 Å². The average Bonchev–Trinajstić information content (AvgIpc) is 2.49. The zero-order valence-corrected chi connectivity index (χ0v) is 11.6. The van der Waals surface area contributed by atoms with Crippen molar-refractivity contribution in [2.45, 2.75) is 12.8 Å². The Labute approximate surface area is 114 Å². The van der Waals surface area contributed by atoms with Crippen LogP contribution in [0.25, 0.3) is 0 Å². The Morgan fingerprint density at radius 2 is 2.26 bits per heavy atom. The minimum absolute atomic E-state index is 0.600. The van der Waals surface area contributed by atoms with E-state index in [1.807, 2.05) is 13.1 Å². The summed E-state index contributed by atoms with van der Waals surface area (Å²) in [5.41, 5.74) is 0. The van der Waals surface area contributed by atoms with E-state index in [2.05, 4.69) is 30.5 Å². The van der Waals surface area contributed by atoms with Crippen LogP contribution in [0.4, 0.5) is 5.95 Å². The van der Waals surface area contributed by atoms with E-state index >= 15 is 0 Å². The van der Waals surface area contributed by atoms with Gasteiger partial charge in [-0.2, -0.15) is 0 Å². The van der Waals surface area contributed by atoms with Crippen LogP contribution in [0.2, 0.25) is 0 Å². The molecule has 6 heteroatoms. The fourth-order valence-corrected chi connectivity index (χ4v) is 2.39. The molecule has 1 aromatic heterocycles. The fourth-order valence-electron chi connectivity index (χ4n) is 2.39. The first kappa shape index (κ1) is 13.6. The van der Waals surface area contributed by atoms with Crippen molar-refractivity contribution in [2.24, 2.45) is 10.9 Å². The standard InChI is InChI=1S/C13H22N6/c1-14-12(15-2)18-9-11-5-3-8-19(10-11)13-16-6-4-7-17-13/h4,6-7,11H,3,5,8-10H2,1-2H3,(H2,14,15,18)/t11-/m1/s1. The molecule has 1 aliphatic rings. The molecule has 2 rings (SSSR count). The van der Waals surface area contributed by atoms with Crippen LogP contribution in [-0.4, -0.2) is 49.7 Å². The van der Waals surface area contributed by atoms with E-state index in [0.717, 1.165) is 31.5 Å². The number of hydrogen-bond donors (Lipinski definition) is 2. The van der Waals surface area contributed by atoms with Crippen molar-refractivity contribution in [2.75, 3.05) is 38.6 Å². The quantitative estimate of drug-likeness (QED) is 0.613. The average molecular weight is 262 g/mol. The van der Waals surface area contributed by atoms with Crippen molar-refractivity contribution in [1.82, 2.24) is 20.6 Å². The highest BCUT2D eigenvalue weighted by Gasteiger charge is 2.21. The summed E-state index contributed by atoms with van der Waals surface area (Å²) < 4.78 is 0. The molecule has 1 atom stereocenters. The lowest BCUT2D eigenvalue weighted by Crippen LogP contribution is -2.44. The fraction of sp³-hybridized carbons (Fsp3) is 0.615. The Balaban J connectivity index is 1.87. The molecule has 1 aromatic rings. The predicted molar refractivity (Wildman–Crippen MR) is 77.4 cm³/mol. The first-order valence-corrected chi connectivity index (χ1v) is 6.74. The molecule has 1 aliphatic heterocycles. The summed E-state index contributed by atoms with van der Waals surface area (Å²) in [4.78, 5) is 15.0. The zero-order chi connectivity index (χ0) is 13.5. The number of aliphatic imine (C=N–C) groups is 1. The highest BCUT2D eigenvalue weighted by molar-refractivity contribution is 5.79. The van der Waals surface area contributed by atoms with Crippen molar-refractivity contribution in [3.05, 3.63) is 18.5 Å². The van der Waals surface area contributed by atoms with Gasteiger partial charge in [0.15, 0.2) is 5.96 Å². The van der Waals surface area contributed by atoms with Crippen molar-refractivity contribution in [3.63, 3.8) is 0 Å². The number of aromatic nitrogens is 2. The number of anilines is 1. The predicted octanol–water partition coefficient (Wildman–Crippen LogP) is 0.488. The Bertz CT molecular complexity index is 405. The van der Waals surface area contributed by atoms with E-state index in [0.29, 0.717) is 5.92 Å². The third-order valence-corrected chi connectivity index (χ3v) is 3.37. The van der Waals surface area contributed by atoms with E-state index in [1.165, 1.54) is 12.8 Å². The highest BCUT2D eigenvalue weighted by Crippen LogP contribution is 2.19. The first-order chi connectivity index (χ1) is 9.33. The minimum atomic E-state index is 0.600. The van der Waals surface area contributed by atoms with Crippen LogP contribution in [0.5, 0.6) is 0 Å². The third kappa shape index (κ3) is 3.81. The van der Waals surface area contributed by atoms with Crippen molar-refractivity contribution in [1.29, 1.82) is 0 Å². The SMILES string of the molecule is CN=C(NC)NC[C@H]1CCCN(c2ncccn2)C1. The van der Waals surface area contributed by atoms with E-state index in [-0.39, 0.29) is 0 Å². The highest BCUT2D eigenvalue weighted by atomic mass is 15.3. The number of hydrogen-bond acceptors (Lipinski definition) is 4. The second kappa shape index (κ2) is 6.92. The Kier molecular flexibility index (Phi) is 4.94. The number of nitrogens with one attached hydrogen (secondary N) is 2. The molecule has 2 N–H and O–H groups in total. The van der Waals surface area contributed by atoms with Crippen LogP contribution in [0, 0.1) is 5.92 Å². The van der Waals surface area contributed by atoms with Crippen molar-refractivity contribution in [3.8, 4) is 0 Å². The normalized spacial score (nSPS) is 20.2. The molecule has 0 aromatic carbocycles. The summed E-state index contributed by atoms with van der Waals surface area (Å²) in [5.74, 6) is 2.28. The largest absolute Gasteiger partial charge is 0.359 e. The van der Waals surface area contributed by atoms with E-state index in [9.17, 15) is 0 Å². The van der Waals surface area contributed by atoms with Crippen LogP contribution in [-0.2, 0) is 0 Å². The summed E-state index contributed by atoms with van der Waals surface area (Å²) in [6, 6.07) is 1.85. The van der Waals surface area contributed by atoms with Crippen LogP contribution in [0.1, 0.15) is 12.8 Å². The molecule has 1 fully saturated rings.